The normalized spacial score (nSPS) is 27.7. The highest BCUT2D eigenvalue weighted by Crippen LogP contribution is 2.45. The number of rotatable bonds is 4. The van der Waals surface area contributed by atoms with Crippen LogP contribution in [0.4, 0.5) is 0 Å². The summed E-state index contributed by atoms with van der Waals surface area (Å²) in [5, 5.41) is 3.78. The second-order valence-electron chi connectivity index (χ2n) is 6.72. The molecule has 2 aromatic carbocycles. The van der Waals surface area contributed by atoms with E-state index in [9.17, 15) is 4.79 Å². The van der Waals surface area contributed by atoms with Gasteiger partial charge in [0.2, 0.25) is 5.91 Å². The molecule has 5 nitrogen and oxygen atoms in total. The maximum atomic E-state index is 12.3. The van der Waals surface area contributed by atoms with E-state index in [0.29, 0.717) is 18.1 Å². The average Bonchev–Trinajstić information content (AvgIpc) is 3.06. The molecular weight excluding hydrogens is 350 g/mol. The average molecular weight is 372 g/mol. The molecule has 4 rings (SSSR count). The molecule has 0 aromatic heterocycles. The Bertz CT molecular complexity index is 796. The number of halogens is 1. The van der Waals surface area contributed by atoms with E-state index in [-0.39, 0.29) is 30.0 Å². The van der Waals surface area contributed by atoms with Crippen LogP contribution in [0.25, 0.3) is 0 Å². The van der Waals surface area contributed by atoms with Gasteiger partial charge in [0.1, 0.15) is 5.75 Å². The number of hydrogen-bond donors (Lipinski definition) is 3. The summed E-state index contributed by atoms with van der Waals surface area (Å²) in [4.78, 5) is 12.3. The lowest BCUT2D eigenvalue weighted by Crippen LogP contribution is -2.52. The number of hydrogen-bond acceptors (Lipinski definition) is 4. The summed E-state index contributed by atoms with van der Waals surface area (Å²) in [7, 11) is 0. The number of carbonyl (C=O) groups excluding carboxylic acids is 1. The second-order valence-corrected chi connectivity index (χ2v) is 7.16. The van der Waals surface area contributed by atoms with Crippen molar-refractivity contribution in [1.29, 1.82) is 0 Å². The zero-order valence-corrected chi connectivity index (χ0v) is 15.3. The number of fused-ring (bicyclic) bond motifs is 1. The third-order valence-corrected chi connectivity index (χ3v) is 5.45. The summed E-state index contributed by atoms with van der Waals surface area (Å²) >= 11 is 6.05. The zero-order valence-electron chi connectivity index (χ0n) is 14.5. The number of benzene rings is 2. The van der Waals surface area contributed by atoms with Crippen LogP contribution in [0.3, 0.4) is 0 Å². The third kappa shape index (κ3) is 3.18. The van der Waals surface area contributed by atoms with Gasteiger partial charge in [-0.05, 0) is 36.2 Å². The number of para-hydroxylation sites is 1. The van der Waals surface area contributed by atoms with Crippen LogP contribution in [0.5, 0.6) is 5.75 Å². The lowest BCUT2D eigenvalue weighted by molar-refractivity contribution is -0.125. The van der Waals surface area contributed by atoms with Crippen molar-refractivity contribution < 1.29 is 9.53 Å². The summed E-state index contributed by atoms with van der Waals surface area (Å²) in [5.41, 5.74) is 8.83. The maximum absolute atomic E-state index is 12.3. The molecule has 0 spiro atoms. The smallest absolute Gasteiger partial charge is 0.221 e. The minimum Gasteiger partial charge on any atom is -0.494 e. The van der Waals surface area contributed by atoms with Gasteiger partial charge in [0.15, 0.2) is 0 Å². The Balaban J connectivity index is 1.72. The maximum Gasteiger partial charge on any atom is 0.221 e. The first-order valence-electron chi connectivity index (χ1n) is 8.95. The van der Waals surface area contributed by atoms with Crippen molar-refractivity contribution in [1.82, 2.24) is 16.2 Å². The first-order chi connectivity index (χ1) is 12.7. The molecule has 2 saturated heterocycles. The molecule has 2 fully saturated rings. The molecule has 2 aliphatic heterocycles. The quantitative estimate of drug-likeness (QED) is 0.772. The molecule has 0 bridgehead atoms. The van der Waals surface area contributed by atoms with Crippen molar-refractivity contribution in [2.24, 2.45) is 5.92 Å². The van der Waals surface area contributed by atoms with Crippen molar-refractivity contribution in [2.45, 2.75) is 31.5 Å². The Morgan fingerprint density at radius 2 is 1.88 bits per heavy atom. The van der Waals surface area contributed by atoms with Gasteiger partial charge in [-0.1, -0.05) is 41.9 Å². The minimum atomic E-state index is -0.128. The topological polar surface area (TPSA) is 62.4 Å². The molecule has 2 aliphatic rings. The van der Waals surface area contributed by atoms with Gasteiger partial charge in [-0.25, -0.2) is 10.9 Å². The van der Waals surface area contributed by atoms with Gasteiger partial charge in [-0.3, -0.25) is 4.79 Å². The van der Waals surface area contributed by atoms with Crippen LogP contribution in [0.15, 0.2) is 48.5 Å². The summed E-state index contributed by atoms with van der Waals surface area (Å²) < 4.78 is 5.84. The Morgan fingerprint density at radius 3 is 2.65 bits per heavy atom. The minimum absolute atomic E-state index is 0.0496. The molecule has 0 saturated carbocycles. The highest BCUT2D eigenvalue weighted by Gasteiger charge is 2.47. The molecule has 26 heavy (non-hydrogen) atoms. The number of nitrogens with one attached hydrogen (secondary N) is 3. The van der Waals surface area contributed by atoms with E-state index in [1.165, 1.54) is 0 Å². The zero-order chi connectivity index (χ0) is 18.1. The van der Waals surface area contributed by atoms with Crippen LogP contribution >= 0.6 is 11.6 Å². The van der Waals surface area contributed by atoms with Gasteiger partial charge < -0.3 is 10.1 Å². The van der Waals surface area contributed by atoms with Crippen LogP contribution in [0.2, 0.25) is 5.02 Å². The lowest BCUT2D eigenvalue weighted by atomic mass is 9.74. The molecule has 3 N–H and O–H groups in total. The van der Waals surface area contributed by atoms with Gasteiger partial charge in [-0.15, -0.1) is 0 Å². The van der Waals surface area contributed by atoms with Crippen molar-refractivity contribution in [3.63, 3.8) is 0 Å². The highest BCUT2D eigenvalue weighted by atomic mass is 35.5. The van der Waals surface area contributed by atoms with Crippen LogP contribution in [0, 0.1) is 5.92 Å². The van der Waals surface area contributed by atoms with Gasteiger partial charge in [0.05, 0.1) is 18.8 Å². The van der Waals surface area contributed by atoms with Crippen LogP contribution in [-0.2, 0) is 4.79 Å². The SMILES string of the molecule is CCOc1ccccc1C1CC(=O)NC2NNC(c3ccc(Cl)cc3)C21. The standard InChI is InChI=1S/C20H22ClN3O2/c1-2-26-16-6-4-3-5-14(16)15-11-17(25)22-20-18(15)19(23-24-20)12-7-9-13(21)10-8-12/h3-10,15,18-20,23-24H,2,11H2,1H3,(H,22,25). The van der Waals surface area contributed by atoms with Gasteiger partial charge in [0.25, 0.3) is 0 Å². The fourth-order valence-electron chi connectivity index (χ4n) is 4.10. The van der Waals surface area contributed by atoms with E-state index in [1.54, 1.807) is 0 Å². The molecule has 2 aromatic rings. The molecular formula is C20H22ClN3O2. The third-order valence-electron chi connectivity index (χ3n) is 5.20. The Hall–Kier alpha value is -2.08. The summed E-state index contributed by atoms with van der Waals surface area (Å²) in [5.74, 6) is 1.12. The monoisotopic (exact) mass is 371 g/mol. The molecule has 0 radical (unpaired) electrons. The number of carbonyl (C=O) groups is 1. The van der Waals surface area contributed by atoms with Crippen LogP contribution < -0.4 is 20.9 Å². The van der Waals surface area contributed by atoms with Gasteiger partial charge in [-0.2, -0.15) is 0 Å². The highest BCUT2D eigenvalue weighted by molar-refractivity contribution is 6.30. The first kappa shape index (κ1) is 17.3. The molecule has 2 heterocycles. The Morgan fingerprint density at radius 1 is 1.12 bits per heavy atom. The summed E-state index contributed by atoms with van der Waals surface area (Å²) in [6, 6.07) is 16.0. The predicted octanol–water partition coefficient (Wildman–Crippen LogP) is 3.13. The first-order valence-corrected chi connectivity index (χ1v) is 9.32. The molecule has 136 valence electrons. The number of piperidine rings is 1. The number of ether oxygens (including phenoxy) is 1. The Labute approximate surface area is 158 Å². The van der Waals surface area contributed by atoms with E-state index in [2.05, 4.69) is 22.2 Å². The Kier molecular flexibility index (Phi) is 4.85. The molecule has 0 aliphatic carbocycles. The van der Waals surface area contributed by atoms with Crippen LogP contribution in [-0.4, -0.2) is 18.7 Å². The van der Waals surface area contributed by atoms with E-state index in [0.717, 1.165) is 16.9 Å². The molecule has 1 amide bonds. The van der Waals surface area contributed by atoms with Gasteiger partial charge in [0, 0.05) is 23.3 Å². The van der Waals surface area contributed by atoms with Gasteiger partial charge >= 0.3 is 0 Å². The number of amides is 1. The van der Waals surface area contributed by atoms with E-state index >= 15 is 0 Å². The summed E-state index contributed by atoms with van der Waals surface area (Å²) in [6.45, 7) is 2.57. The van der Waals surface area contributed by atoms with Crippen molar-refractivity contribution in [2.75, 3.05) is 6.61 Å². The van der Waals surface area contributed by atoms with Crippen molar-refractivity contribution >= 4 is 17.5 Å². The van der Waals surface area contributed by atoms with Crippen molar-refractivity contribution in [3.8, 4) is 5.75 Å². The van der Waals surface area contributed by atoms with E-state index < -0.39 is 0 Å². The second kappa shape index (κ2) is 7.27. The molecule has 6 heteroatoms. The van der Waals surface area contributed by atoms with E-state index in [4.69, 9.17) is 16.3 Å². The summed E-state index contributed by atoms with van der Waals surface area (Å²) in [6.07, 6.45) is 0.315. The van der Waals surface area contributed by atoms with Crippen LogP contribution in [0.1, 0.15) is 36.4 Å². The fourth-order valence-corrected chi connectivity index (χ4v) is 4.22. The van der Waals surface area contributed by atoms with E-state index in [1.807, 2.05) is 49.4 Å². The molecule has 4 unspecified atom stereocenters. The van der Waals surface area contributed by atoms with Crippen molar-refractivity contribution in [3.05, 3.63) is 64.7 Å². The predicted molar refractivity (Wildman–Crippen MR) is 101 cm³/mol. The fraction of sp³-hybridized carbons (Fsp3) is 0.350. The molecule has 4 atom stereocenters. The largest absolute Gasteiger partial charge is 0.494 e. The lowest BCUT2D eigenvalue weighted by Gasteiger charge is -2.36. The number of hydrazine groups is 1.